The van der Waals surface area contributed by atoms with E-state index in [4.69, 9.17) is 23.2 Å². The fourth-order valence-electron chi connectivity index (χ4n) is 0.992. The highest BCUT2D eigenvalue weighted by Gasteiger charge is 2.25. The molecule has 3 nitrogen and oxygen atoms in total. The van der Waals surface area contributed by atoms with Crippen molar-refractivity contribution < 1.29 is 4.79 Å². The minimum Gasteiger partial charge on any atom is -0.323 e. The molecule has 0 saturated heterocycles. The van der Waals surface area contributed by atoms with Gasteiger partial charge in [-0.15, -0.1) is 0 Å². The number of hydrogen-bond donors (Lipinski definition) is 2. The second-order valence-corrected chi connectivity index (χ2v) is 4.72. The molecule has 5 heteroatoms. The van der Waals surface area contributed by atoms with Crippen molar-refractivity contribution in [3.8, 4) is 0 Å². The van der Waals surface area contributed by atoms with E-state index in [0.29, 0.717) is 15.7 Å². The first kappa shape index (κ1) is 13.3. The fourth-order valence-corrected chi connectivity index (χ4v) is 1.34. The molecule has 1 rings (SSSR count). The van der Waals surface area contributed by atoms with Crippen LogP contribution in [0, 0.1) is 0 Å². The lowest BCUT2D eigenvalue weighted by atomic mass is 10.1. The van der Waals surface area contributed by atoms with Gasteiger partial charge in [0.2, 0.25) is 5.91 Å². The molecule has 0 aromatic heterocycles. The van der Waals surface area contributed by atoms with E-state index >= 15 is 0 Å². The van der Waals surface area contributed by atoms with Crippen LogP contribution in [0.25, 0.3) is 0 Å². The Morgan fingerprint density at radius 3 is 2.50 bits per heavy atom. The first-order valence-corrected chi connectivity index (χ1v) is 5.58. The number of carbonyl (C=O) groups excluding carboxylic acids is 1. The van der Waals surface area contributed by atoms with Gasteiger partial charge in [-0.3, -0.25) is 4.79 Å². The topological polar surface area (TPSA) is 41.1 Å². The van der Waals surface area contributed by atoms with Crippen molar-refractivity contribution in [1.29, 1.82) is 0 Å². The smallest absolute Gasteiger partial charge is 0.244 e. The number of rotatable bonds is 3. The van der Waals surface area contributed by atoms with E-state index in [0.717, 1.165) is 0 Å². The van der Waals surface area contributed by atoms with Gasteiger partial charge in [-0.25, -0.2) is 0 Å². The summed E-state index contributed by atoms with van der Waals surface area (Å²) in [6.07, 6.45) is 0. The standard InChI is InChI=1S/C11H14Cl2N2O/c1-11(2,14-3)10(16)15-8-6-4-5-7(12)9(8)13/h4-6,14H,1-3H3,(H,15,16). The van der Waals surface area contributed by atoms with Gasteiger partial charge in [-0.1, -0.05) is 29.3 Å². The molecule has 88 valence electrons. The Kier molecular flexibility index (Phi) is 4.19. The number of carbonyl (C=O) groups is 1. The molecule has 1 aromatic carbocycles. The zero-order chi connectivity index (χ0) is 12.3. The largest absolute Gasteiger partial charge is 0.323 e. The number of anilines is 1. The molecule has 0 heterocycles. The summed E-state index contributed by atoms with van der Waals surface area (Å²) >= 11 is 11.8. The monoisotopic (exact) mass is 260 g/mol. The molecule has 0 unspecified atom stereocenters. The Morgan fingerprint density at radius 2 is 1.94 bits per heavy atom. The first-order chi connectivity index (χ1) is 7.38. The molecular weight excluding hydrogens is 247 g/mol. The van der Waals surface area contributed by atoms with Crippen LogP contribution in [0.15, 0.2) is 18.2 Å². The van der Waals surface area contributed by atoms with Crippen LogP contribution in [0.2, 0.25) is 10.0 Å². The quantitative estimate of drug-likeness (QED) is 0.878. The van der Waals surface area contributed by atoms with Crippen molar-refractivity contribution in [1.82, 2.24) is 5.32 Å². The predicted molar refractivity (Wildman–Crippen MR) is 68.2 cm³/mol. The zero-order valence-electron chi connectivity index (χ0n) is 9.40. The van der Waals surface area contributed by atoms with Crippen LogP contribution in [-0.4, -0.2) is 18.5 Å². The highest BCUT2D eigenvalue weighted by Crippen LogP contribution is 2.29. The van der Waals surface area contributed by atoms with Gasteiger partial charge in [0.15, 0.2) is 0 Å². The van der Waals surface area contributed by atoms with Crippen LogP contribution >= 0.6 is 23.2 Å². The summed E-state index contributed by atoms with van der Waals surface area (Å²) in [5.74, 6) is -0.167. The Bertz CT molecular complexity index is 405. The second kappa shape index (κ2) is 5.04. The molecule has 0 atom stereocenters. The molecule has 0 aliphatic carbocycles. The molecule has 0 radical (unpaired) electrons. The van der Waals surface area contributed by atoms with Crippen LogP contribution in [-0.2, 0) is 4.79 Å². The Balaban J connectivity index is 2.90. The molecular formula is C11H14Cl2N2O. The maximum Gasteiger partial charge on any atom is 0.244 e. The van der Waals surface area contributed by atoms with Gasteiger partial charge < -0.3 is 10.6 Å². The predicted octanol–water partition coefficient (Wildman–Crippen LogP) is 2.93. The molecule has 0 fully saturated rings. The molecule has 0 bridgehead atoms. The van der Waals surface area contributed by atoms with Gasteiger partial charge in [-0.2, -0.15) is 0 Å². The van der Waals surface area contributed by atoms with Crippen LogP contribution in [0.3, 0.4) is 0 Å². The Hall–Kier alpha value is -0.770. The highest BCUT2D eigenvalue weighted by atomic mass is 35.5. The van der Waals surface area contributed by atoms with Crippen molar-refractivity contribution in [2.75, 3.05) is 12.4 Å². The van der Waals surface area contributed by atoms with Gasteiger partial charge in [0.05, 0.1) is 21.3 Å². The Morgan fingerprint density at radius 1 is 1.31 bits per heavy atom. The number of benzene rings is 1. The summed E-state index contributed by atoms with van der Waals surface area (Å²) in [4.78, 5) is 11.9. The third-order valence-electron chi connectivity index (χ3n) is 2.39. The zero-order valence-corrected chi connectivity index (χ0v) is 10.9. The summed E-state index contributed by atoms with van der Waals surface area (Å²) in [7, 11) is 1.72. The summed E-state index contributed by atoms with van der Waals surface area (Å²) < 4.78 is 0. The number of likely N-dealkylation sites (N-methyl/N-ethyl adjacent to an activating group) is 1. The van der Waals surface area contributed by atoms with E-state index in [2.05, 4.69) is 10.6 Å². The van der Waals surface area contributed by atoms with Crippen molar-refractivity contribution in [2.24, 2.45) is 0 Å². The normalized spacial score (nSPS) is 11.3. The molecule has 16 heavy (non-hydrogen) atoms. The molecule has 0 aliphatic rings. The molecule has 2 N–H and O–H groups in total. The highest BCUT2D eigenvalue weighted by molar-refractivity contribution is 6.44. The minimum absolute atomic E-state index is 0.167. The van der Waals surface area contributed by atoms with E-state index in [1.165, 1.54) is 0 Å². The molecule has 0 saturated carbocycles. The number of amides is 1. The molecule has 1 amide bonds. The number of hydrogen-bond acceptors (Lipinski definition) is 2. The third kappa shape index (κ3) is 2.88. The van der Waals surface area contributed by atoms with Crippen molar-refractivity contribution in [2.45, 2.75) is 19.4 Å². The van der Waals surface area contributed by atoms with Gasteiger partial charge in [-0.05, 0) is 33.0 Å². The molecule has 0 aliphatic heterocycles. The summed E-state index contributed by atoms with van der Waals surface area (Å²) in [6, 6.07) is 5.11. The molecule has 1 aromatic rings. The average molecular weight is 261 g/mol. The lowest BCUT2D eigenvalue weighted by molar-refractivity contribution is -0.121. The van der Waals surface area contributed by atoms with Gasteiger partial charge >= 0.3 is 0 Å². The van der Waals surface area contributed by atoms with Gasteiger partial charge in [0.25, 0.3) is 0 Å². The van der Waals surface area contributed by atoms with Gasteiger partial charge in [0, 0.05) is 0 Å². The summed E-state index contributed by atoms with van der Waals surface area (Å²) in [5.41, 5.74) is -0.145. The molecule has 0 spiro atoms. The number of halogens is 2. The fraction of sp³-hybridized carbons (Fsp3) is 0.364. The lowest BCUT2D eigenvalue weighted by Gasteiger charge is -2.23. The first-order valence-electron chi connectivity index (χ1n) is 4.83. The lowest BCUT2D eigenvalue weighted by Crippen LogP contribution is -2.47. The van der Waals surface area contributed by atoms with Crippen LogP contribution in [0.4, 0.5) is 5.69 Å². The van der Waals surface area contributed by atoms with E-state index in [1.54, 1.807) is 39.1 Å². The average Bonchev–Trinajstić information content (AvgIpc) is 2.24. The van der Waals surface area contributed by atoms with Crippen molar-refractivity contribution in [3.05, 3.63) is 28.2 Å². The third-order valence-corrected chi connectivity index (χ3v) is 3.21. The summed E-state index contributed by atoms with van der Waals surface area (Å²) in [5, 5.41) is 6.40. The minimum atomic E-state index is -0.661. The second-order valence-electron chi connectivity index (χ2n) is 3.93. The van der Waals surface area contributed by atoms with Crippen molar-refractivity contribution >= 4 is 34.8 Å². The van der Waals surface area contributed by atoms with Gasteiger partial charge in [0.1, 0.15) is 0 Å². The van der Waals surface area contributed by atoms with E-state index in [9.17, 15) is 4.79 Å². The maximum atomic E-state index is 11.9. The van der Waals surface area contributed by atoms with Crippen LogP contribution < -0.4 is 10.6 Å². The van der Waals surface area contributed by atoms with Crippen LogP contribution in [0.1, 0.15) is 13.8 Å². The maximum absolute atomic E-state index is 11.9. The van der Waals surface area contributed by atoms with Crippen LogP contribution in [0.5, 0.6) is 0 Å². The SMILES string of the molecule is CNC(C)(C)C(=O)Nc1cccc(Cl)c1Cl. The van der Waals surface area contributed by atoms with E-state index in [1.807, 2.05) is 0 Å². The number of nitrogens with one attached hydrogen (secondary N) is 2. The Labute approximate surface area is 105 Å². The van der Waals surface area contributed by atoms with E-state index in [-0.39, 0.29) is 5.91 Å². The van der Waals surface area contributed by atoms with E-state index < -0.39 is 5.54 Å². The van der Waals surface area contributed by atoms with Crippen molar-refractivity contribution in [3.63, 3.8) is 0 Å². The summed E-state index contributed by atoms with van der Waals surface area (Å²) in [6.45, 7) is 3.56.